The molecule has 0 spiro atoms. The molecule has 1 atom stereocenters. The van der Waals surface area contributed by atoms with E-state index in [1.807, 2.05) is 6.92 Å². The number of rotatable bonds is 6. The number of nitrogens with zero attached hydrogens (tertiary/aromatic N) is 1. The molecule has 0 saturated heterocycles. The molecule has 1 heterocycles. The van der Waals surface area contributed by atoms with Crippen LogP contribution in [-0.2, 0) is 4.79 Å². The summed E-state index contributed by atoms with van der Waals surface area (Å²) in [5, 5.41) is 22.9. The van der Waals surface area contributed by atoms with Crippen molar-refractivity contribution in [2.75, 3.05) is 18.5 Å². The second-order valence-corrected chi connectivity index (χ2v) is 4.62. The van der Waals surface area contributed by atoms with Crippen LogP contribution in [0, 0.1) is 10.1 Å². The Kier molecular flexibility index (Phi) is 4.46. The second-order valence-electron chi connectivity index (χ2n) is 4.62. The molecular weight excluding hydrogens is 280 g/mol. The van der Waals surface area contributed by atoms with Gasteiger partial charge in [0, 0.05) is 12.1 Å². The van der Waals surface area contributed by atoms with Gasteiger partial charge in [-0.15, -0.1) is 0 Å². The fraction of sp³-hybridized carbons (Fsp3) is 0.462. The Bertz CT molecular complexity index is 560. The molecular formula is C13H16N2O6. The number of nitro benzene ring substituents is 1. The van der Waals surface area contributed by atoms with E-state index in [1.165, 1.54) is 12.1 Å². The van der Waals surface area contributed by atoms with Crippen LogP contribution in [0.3, 0.4) is 0 Å². The number of aliphatic carboxylic acids is 1. The molecule has 8 heteroatoms. The number of ether oxygens (including phenoxy) is 2. The minimum absolute atomic E-state index is 0.123. The van der Waals surface area contributed by atoms with Gasteiger partial charge in [0.15, 0.2) is 11.5 Å². The lowest BCUT2D eigenvalue weighted by molar-refractivity contribution is -0.384. The predicted molar refractivity (Wildman–Crippen MR) is 74.0 cm³/mol. The number of fused-ring (bicyclic) bond motifs is 1. The van der Waals surface area contributed by atoms with Crippen molar-refractivity contribution >= 4 is 17.3 Å². The zero-order valence-corrected chi connectivity index (χ0v) is 11.5. The highest BCUT2D eigenvalue weighted by Crippen LogP contribution is 2.39. The average molecular weight is 296 g/mol. The first-order valence-corrected chi connectivity index (χ1v) is 6.57. The molecule has 21 heavy (non-hydrogen) atoms. The molecule has 1 aromatic rings. The SMILES string of the molecule is CCC(CC(=O)O)Nc1cc2c(cc1[N+](=O)[O-])OCCO2. The molecule has 114 valence electrons. The van der Waals surface area contributed by atoms with Gasteiger partial charge in [0.25, 0.3) is 5.69 Å². The number of nitrogens with one attached hydrogen (secondary N) is 1. The summed E-state index contributed by atoms with van der Waals surface area (Å²) in [5.74, 6) is -0.223. The van der Waals surface area contributed by atoms with E-state index in [0.717, 1.165) is 0 Å². The zero-order valence-electron chi connectivity index (χ0n) is 11.5. The molecule has 0 saturated carbocycles. The van der Waals surface area contributed by atoms with Crippen LogP contribution in [0.2, 0.25) is 0 Å². The van der Waals surface area contributed by atoms with E-state index in [-0.39, 0.29) is 17.8 Å². The average Bonchev–Trinajstić information content (AvgIpc) is 2.45. The molecule has 0 fully saturated rings. The van der Waals surface area contributed by atoms with Gasteiger partial charge in [-0.1, -0.05) is 6.92 Å². The molecule has 1 aliphatic rings. The van der Waals surface area contributed by atoms with E-state index >= 15 is 0 Å². The first-order valence-electron chi connectivity index (χ1n) is 6.57. The summed E-state index contributed by atoms with van der Waals surface area (Å²) in [4.78, 5) is 21.4. The highest BCUT2D eigenvalue weighted by Gasteiger charge is 2.24. The summed E-state index contributed by atoms with van der Waals surface area (Å²) in [6.45, 7) is 2.52. The Balaban J connectivity index is 2.32. The van der Waals surface area contributed by atoms with Crippen molar-refractivity contribution in [1.29, 1.82) is 0 Å². The summed E-state index contributed by atoms with van der Waals surface area (Å²) < 4.78 is 10.7. The summed E-state index contributed by atoms with van der Waals surface area (Å²) >= 11 is 0. The minimum atomic E-state index is -0.963. The molecule has 0 radical (unpaired) electrons. The molecule has 0 bridgehead atoms. The summed E-state index contributed by atoms with van der Waals surface area (Å²) in [6, 6.07) is 2.38. The van der Waals surface area contributed by atoms with Gasteiger partial charge < -0.3 is 19.9 Å². The molecule has 1 aromatic carbocycles. The Labute approximate surface area is 120 Å². The smallest absolute Gasteiger partial charge is 0.305 e. The number of carbonyl (C=O) groups is 1. The zero-order chi connectivity index (χ0) is 15.4. The summed E-state index contributed by atoms with van der Waals surface area (Å²) in [7, 11) is 0. The summed E-state index contributed by atoms with van der Waals surface area (Å²) in [5.41, 5.74) is 0.0699. The van der Waals surface area contributed by atoms with Crippen LogP contribution in [-0.4, -0.2) is 35.3 Å². The second kappa shape index (κ2) is 6.29. The normalized spacial score (nSPS) is 14.3. The molecule has 1 aliphatic heterocycles. The highest BCUT2D eigenvalue weighted by molar-refractivity contribution is 5.71. The molecule has 2 rings (SSSR count). The van der Waals surface area contributed by atoms with Gasteiger partial charge in [0.05, 0.1) is 17.4 Å². The molecule has 0 aromatic heterocycles. The number of benzene rings is 1. The number of anilines is 1. The lowest BCUT2D eigenvalue weighted by Crippen LogP contribution is -2.23. The third kappa shape index (κ3) is 3.53. The number of carboxylic acids is 1. The third-order valence-electron chi connectivity index (χ3n) is 3.13. The Morgan fingerprint density at radius 3 is 2.57 bits per heavy atom. The molecule has 0 aliphatic carbocycles. The van der Waals surface area contributed by atoms with E-state index in [1.54, 1.807) is 0 Å². The van der Waals surface area contributed by atoms with Crippen LogP contribution in [0.4, 0.5) is 11.4 Å². The fourth-order valence-electron chi connectivity index (χ4n) is 2.07. The molecule has 2 N–H and O–H groups in total. The van der Waals surface area contributed by atoms with E-state index in [9.17, 15) is 14.9 Å². The number of hydrogen-bond acceptors (Lipinski definition) is 6. The minimum Gasteiger partial charge on any atom is -0.486 e. The van der Waals surface area contributed by atoms with E-state index < -0.39 is 16.9 Å². The van der Waals surface area contributed by atoms with Gasteiger partial charge in [0.1, 0.15) is 18.9 Å². The van der Waals surface area contributed by atoms with Gasteiger partial charge >= 0.3 is 5.97 Å². The lowest BCUT2D eigenvalue weighted by Gasteiger charge is -2.21. The topological polar surface area (TPSA) is 111 Å². The standard InChI is InChI=1S/C13H16N2O6/c1-2-8(5-13(16)17)14-9-6-11-12(21-4-3-20-11)7-10(9)15(18)19/h6-8,14H,2-5H2,1H3,(H,16,17). The Morgan fingerprint density at radius 2 is 2.05 bits per heavy atom. The van der Waals surface area contributed by atoms with Crippen molar-refractivity contribution in [2.24, 2.45) is 0 Å². The van der Waals surface area contributed by atoms with Crippen LogP contribution >= 0.6 is 0 Å². The van der Waals surface area contributed by atoms with Gasteiger partial charge in [-0.25, -0.2) is 0 Å². The van der Waals surface area contributed by atoms with Crippen LogP contribution in [0.1, 0.15) is 19.8 Å². The van der Waals surface area contributed by atoms with Crippen molar-refractivity contribution in [3.63, 3.8) is 0 Å². The van der Waals surface area contributed by atoms with Crippen LogP contribution < -0.4 is 14.8 Å². The number of hydrogen-bond donors (Lipinski definition) is 2. The Hall–Kier alpha value is -2.51. The lowest BCUT2D eigenvalue weighted by atomic mass is 10.1. The Morgan fingerprint density at radius 1 is 1.43 bits per heavy atom. The first-order chi connectivity index (χ1) is 10.0. The maximum Gasteiger partial charge on any atom is 0.305 e. The van der Waals surface area contributed by atoms with Crippen molar-refractivity contribution in [3.05, 3.63) is 22.2 Å². The molecule has 0 amide bonds. The van der Waals surface area contributed by atoms with Crippen LogP contribution in [0.5, 0.6) is 11.5 Å². The molecule has 1 unspecified atom stereocenters. The number of carboxylic acid groups (broad SMARTS) is 1. The predicted octanol–water partition coefficient (Wildman–Crippen LogP) is 2.03. The van der Waals surface area contributed by atoms with Crippen molar-refractivity contribution in [1.82, 2.24) is 0 Å². The molecule has 8 nitrogen and oxygen atoms in total. The maximum atomic E-state index is 11.2. The van der Waals surface area contributed by atoms with E-state index in [4.69, 9.17) is 14.6 Å². The first kappa shape index (κ1) is 14.9. The fourth-order valence-corrected chi connectivity index (χ4v) is 2.07. The van der Waals surface area contributed by atoms with Gasteiger partial charge in [-0.2, -0.15) is 0 Å². The van der Waals surface area contributed by atoms with E-state index in [2.05, 4.69) is 5.32 Å². The monoisotopic (exact) mass is 296 g/mol. The van der Waals surface area contributed by atoms with Crippen LogP contribution in [0.15, 0.2) is 12.1 Å². The largest absolute Gasteiger partial charge is 0.486 e. The number of nitro groups is 1. The van der Waals surface area contributed by atoms with Crippen molar-refractivity contribution in [3.8, 4) is 11.5 Å². The van der Waals surface area contributed by atoms with Gasteiger partial charge in [-0.3, -0.25) is 14.9 Å². The van der Waals surface area contributed by atoms with Crippen molar-refractivity contribution in [2.45, 2.75) is 25.8 Å². The third-order valence-corrected chi connectivity index (χ3v) is 3.13. The van der Waals surface area contributed by atoms with Crippen molar-refractivity contribution < 1.29 is 24.3 Å². The van der Waals surface area contributed by atoms with Crippen LogP contribution in [0.25, 0.3) is 0 Å². The van der Waals surface area contributed by atoms with Gasteiger partial charge in [0.2, 0.25) is 0 Å². The van der Waals surface area contributed by atoms with Gasteiger partial charge in [-0.05, 0) is 6.42 Å². The quantitative estimate of drug-likeness (QED) is 0.610. The summed E-state index contributed by atoms with van der Waals surface area (Å²) in [6.07, 6.45) is 0.403. The van der Waals surface area contributed by atoms with E-state index in [0.29, 0.717) is 31.1 Å². The highest BCUT2D eigenvalue weighted by atomic mass is 16.6. The maximum absolute atomic E-state index is 11.2.